The predicted molar refractivity (Wildman–Crippen MR) is 75.6 cm³/mol. The van der Waals surface area contributed by atoms with Crippen LogP contribution in [0.3, 0.4) is 0 Å². The van der Waals surface area contributed by atoms with Gasteiger partial charge in [-0.25, -0.2) is 4.79 Å². The average molecular weight is 329 g/mol. The number of benzene rings is 1. The second-order valence-corrected chi connectivity index (χ2v) is 5.11. The van der Waals surface area contributed by atoms with Crippen LogP contribution < -0.4 is 5.32 Å². The normalized spacial score (nSPS) is 12.1. The van der Waals surface area contributed by atoms with Gasteiger partial charge in [0.15, 0.2) is 0 Å². The number of methoxy groups -OCH3 is 1. The minimum absolute atomic E-state index is 0.383. The summed E-state index contributed by atoms with van der Waals surface area (Å²) in [7, 11) is 3.04. The molecule has 1 aromatic carbocycles. The summed E-state index contributed by atoms with van der Waals surface area (Å²) in [6.45, 7) is 2.35. The molecule has 0 aromatic heterocycles. The number of amides is 2. The van der Waals surface area contributed by atoms with E-state index in [-0.39, 0.29) is 5.91 Å². The Bertz CT molecular complexity index is 448. The molecular weight excluding hydrogens is 312 g/mol. The van der Waals surface area contributed by atoms with Gasteiger partial charge in [0.2, 0.25) is 5.91 Å². The Labute approximate surface area is 121 Å². The zero-order chi connectivity index (χ0) is 14.4. The highest BCUT2D eigenvalue weighted by atomic mass is 79.9. The van der Waals surface area contributed by atoms with Crippen molar-refractivity contribution in [3.05, 3.63) is 34.3 Å². The van der Waals surface area contributed by atoms with Gasteiger partial charge in [0.1, 0.15) is 0 Å². The van der Waals surface area contributed by atoms with Crippen molar-refractivity contribution in [1.82, 2.24) is 10.2 Å². The molecular formula is C13H17BrN2O3. The Balaban J connectivity index is 2.56. The number of halogens is 1. The first-order chi connectivity index (χ1) is 8.93. The van der Waals surface area contributed by atoms with Crippen LogP contribution in [0.25, 0.3) is 0 Å². The SMILES string of the molecule is COC(=O)NC(=O)[C@@H](C)N(C)Cc1ccc(Br)cc1. The van der Waals surface area contributed by atoms with Crippen LogP contribution in [0.2, 0.25) is 0 Å². The summed E-state index contributed by atoms with van der Waals surface area (Å²) in [5.74, 6) is -0.383. The van der Waals surface area contributed by atoms with Gasteiger partial charge in [-0.05, 0) is 31.7 Å². The summed E-state index contributed by atoms with van der Waals surface area (Å²) >= 11 is 3.37. The maximum atomic E-state index is 11.7. The fourth-order valence-electron chi connectivity index (χ4n) is 1.47. The van der Waals surface area contributed by atoms with Gasteiger partial charge in [-0.15, -0.1) is 0 Å². The predicted octanol–water partition coefficient (Wildman–Crippen LogP) is 2.15. The number of likely N-dealkylation sites (N-methyl/N-ethyl adjacent to an activating group) is 1. The summed E-state index contributed by atoms with van der Waals surface area (Å²) in [6, 6.07) is 7.42. The fraction of sp³-hybridized carbons (Fsp3) is 0.385. The molecule has 1 atom stereocenters. The van der Waals surface area contributed by atoms with Gasteiger partial charge in [0.25, 0.3) is 0 Å². The first-order valence-electron chi connectivity index (χ1n) is 5.77. The number of rotatable bonds is 4. The lowest BCUT2D eigenvalue weighted by atomic mass is 10.2. The number of alkyl carbamates (subject to hydrolysis) is 1. The van der Waals surface area contributed by atoms with Crippen LogP contribution in [-0.4, -0.2) is 37.1 Å². The van der Waals surface area contributed by atoms with Crippen molar-refractivity contribution < 1.29 is 14.3 Å². The summed E-state index contributed by atoms with van der Waals surface area (Å²) < 4.78 is 5.40. The minimum Gasteiger partial charge on any atom is -0.453 e. The van der Waals surface area contributed by atoms with Crippen LogP contribution in [0.15, 0.2) is 28.7 Å². The Morgan fingerprint density at radius 3 is 2.47 bits per heavy atom. The largest absolute Gasteiger partial charge is 0.453 e. The van der Waals surface area contributed by atoms with Crippen LogP contribution in [0.4, 0.5) is 4.79 Å². The van der Waals surface area contributed by atoms with Crippen LogP contribution in [-0.2, 0) is 16.1 Å². The first kappa shape index (κ1) is 15.7. The lowest BCUT2D eigenvalue weighted by molar-refractivity contribution is -0.124. The second kappa shape index (κ2) is 7.25. The molecule has 0 spiro atoms. The number of hydrogen-bond acceptors (Lipinski definition) is 4. The van der Waals surface area contributed by atoms with Gasteiger partial charge in [-0.3, -0.25) is 15.0 Å². The van der Waals surface area contributed by atoms with Crippen molar-refractivity contribution in [3.63, 3.8) is 0 Å². The second-order valence-electron chi connectivity index (χ2n) is 4.20. The average Bonchev–Trinajstić information content (AvgIpc) is 2.40. The number of carbonyl (C=O) groups is 2. The van der Waals surface area contributed by atoms with E-state index in [2.05, 4.69) is 26.0 Å². The quantitative estimate of drug-likeness (QED) is 0.920. The van der Waals surface area contributed by atoms with Crippen molar-refractivity contribution in [2.24, 2.45) is 0 Å². The van der Waals surface area contributed by atoms with E-state index in [9.17, 15) is 9.59 Å². The van der Waals surface area contributed by atoms with E-state index in [1.54, 1.807) is 6.92 Å². The lowest BCUT2D eigenvalue weighted by Gasteiger charge is -2.23. The standard InChI is InChI=1S/C13H17BrN2O3/c1-9(12(17)15-13(18)19-3)16(2)8-10-4-6-11(14)7-5-10/h4-7,9H,8H2,1-3H3,(H,15,17,18)/t9-/m1/s1. The van der Waals surface area contributed by atoms with Crippen LogP contribution in [0.5, 0.6) is 0 Å². The molecule has 1 rings (SSSR count). The minimum atomic E-state index is -0.742. The van der Waals surface area contributed by atoms with Crippen molar-refractivity contribution in [2.75, 3.05) is 14.2 Å². The lowest BCUT2D eigenvalue weighted by Crippen LogP contribution is -2.45. The fourth-order valence-corrected chi connectivity index (χ4v) is 1.74. The van der Waals surface area contributed by atoms with Crippen molar-refractivity contribution in [3.8, 4) is 0 Å². The molecule has 0 fully saturated rings. The number of hydrogen-bond donors (Lipinski definition) is 1. The Morgan fingerprint density at radius 2 is 1.95 bits per heavy atom. The van der Waals surface area contributed by atoms with Crippen LogP contribution >= 0.6 is 15.9 Å². The van der Waals surface area contributed by atoms with E-state index in [0.717, 1.165) is 10.0 Å². The molecule has 1 aromatic rings. The molecule has 2 amide bonds. The monoisotopic (exact) mass is 328 g/mol. The van der Waals surface area contributed by atoms with E-state index < -0.39 is 12.1 Å². The number of nitrogens with zero attached hydrogens (tertiary/aromatic N) is 1. The molecule has 6 heteroatoms. The van der Waals surface area contributed by atoms with Gasteiger partial charge in [-0.2, -0.15) is 0 Å². The highest BCUT2D eigenvalue weighted by Crippen LogP contribution is 2.12. The molecule has 0 aliphatic heterocycles. The molecule has 1 N–H and O–H groups in total. The van der Waals surface area contributed by atoms with E-state index in [4.69, 9.17) is 0 Å². The van der Waals surface area contributed by atoms with Crippen LogP contribution in [0, 0.1) is 0 Å². The van der Waals surface area contributed by atoms with Gasteiger partial charge in [0.05, 0.1) is 13.2 Å². The smallest absolute Gasteiger partial charge is 0.413 e. The Hall–Kier alpha value is -1.40. The van der Waals surface area contributed by atoms with E-state index >= 15 is 0 Å². The number of imide groups is 1. The number of carbonyl (C=O) groups excluding carboxylic acids is 2. The zero-order valence-corrected chi connectivity index (χ0v) is 12.7. The molecule has 0 aliphatic carbocycles. The summed E-state index contributed by atoms with van der Waals surface area (Å²) in [6.07, 6.45) is -0.742. The van der Waals surface area contributed by atoms with Crippen molar-refractivity contribution in [1.29, 1.82) is 0 Å². The third-order valence-electron chi connectivity index (χ3n) is 2.80. The zero-order valence-electron chi connectivity index (χ0n) is 11.1. The molecule has 0 saturated carbocycles. The Kier molecular flexibility index (Phi) is 5.98. The number of ether oxygens (including phenoxy) is 1. The van der Waals surface area contributed by atoms with E-state index in [1.807, 2.05) is 36.2 Å². The molecule has 0 heterocycles. The molecule has 0 aliphatic rings. The van der Waals surface area contributed by atoms with Crippen LogP contribution in [0.1, 0.15) is 12.5 Å². The highest BCUT2D eigenvalue weighted by molar-refractivity contribution is 9.10. The summed E-state index contributed by atoms with van der Waals surface area (Å²) in [5, 5.41) is 2.16. The maximum absolute atomic E-state index is 11.7. The van der Waals surface area contributed by atoms with E-state index in [1.165, 1.54) is 7.11 Å². The molecule has 0 saturated heterocycles. The molecule has 5 nitrogen and oxygen atoms in total. The highest BCUT2D eigenvalue weighted by Gasteiger charge is 2.20. The summed E-state index contributed by atoms with van der Waals surface area (Å²) in [5.41, 5.74) is 1.09. The molecule has 0 bridgehead atoms. The molecule has 0 radical (unpaired) electrons. The topological polar surface area (TPSA) is 58.6 Å². The summed E-state index contributed by atoms with van der Waals surface area (Å²) in [4.78, 5) is 24.6. The molecule has 0 unspecified atom stereocenters. The van der Waals surface area contributed by atoms with Gasteiger partial charge < -0.3 is 4.74 Å². The van der Waals surface area contributed by atoms with E-state index in [0.29, 0.717) is 6.54 Å². The van der Waals surface area contributed by atoms with Gasteiger partial charge in [0, 0.05) is 11.0 Å². The maximum Gasteiger partial charge on any atom is 0.413 e. The van der Waals surface area contributed by atoms with Gasteiger partial charge >= 0.3 is 6.09 Å². The van der Waals surface area contributed by atoms with Crippen molar-refractivity contribution >= 4 is 27.9 Å². The third-order valence-corrected chi connectivity index (χ3v) is 3.33. The first-order valence-corrected chi connectivity index (χ1v) is 6.57. The number of nitrogens with one attached hydrogen (secondary N) is 1. The molecule has 19 heavy (non-hydrogen) atoms. The third kappa shape index (κ3) is 5.00. The van der Waals surface area contributed by atoms with Gasteiger partial charge in [-0.1, -0.05) is 28.1 Å². The molecule has 104 valence electrons. The van der Waals surface area contributed by atoms with Crippen molar-refractivity contribution in [2.45, 2.75) is 19.5 Å². The Morgan fingerprint density at radius 1 is 1.37 bits per heavy atom.